The van der Waals surface area contributed by atoms with E-state index in [1.54, 1.807) is 18.2 Å². The van der Waals surface area contributed by atoms with Gasteiger partial charge in [0.15, 0.2) is 17.4 Å². The van der Waals surface area contributed by atoms with Crippen molar-refractivity contribution >= 4 is 22.6 Å². The molecule has 2 aromatic carbocycles. The molecular weight excluding hydrogens is 351 g/mol. The summed E-state index contributed by atoms with van der Waals surface area (Å²) in [4.78, 5) is 0. The monoisotopic (exact) mass is 361 g/mol. The van der Waals surface area contributed by atoms with Crippen LogP contribution < -0.4 is 10.5 Å². The minimum Gasteiger partial charge on any atom is -0.451 e. The zero-order chi connectivity index (χ0) is 13.1. The van der Waals surface area contributed by atoms with Crippen molar-refractivity contribution in [2.45, 2.75) is 6.54 Å². The first-order valence-electron chi connectivity index (χ1n) is 5.21. The molecule has 0 unspecified atom stereocenters. The van der Waals surface area contributed by atoms with Gasteiger partial charge in [-0.15, -0.1) is 0 Å². The quantitative estimate of drug-likeness (QED) is 0.844. The highest BCUT2D eigenvalue weighted by atomic mass is 127. The molecule has 0 atom stereocenters. The summed E-state index contributed by atoms with van der Waals surface area (Å²) >= 11 is 2.09. The molecule has 0 fully saturated rings. The molecule has 0 radical (unpaired) electrons. The topological polar surface area (TPSA) is 35.2 Å². The van der Waals surface area contributed by atoms with Crippen molar-refractivity contribution in [2.24, 2.45) is 5.73 Å². The van der Waals surface area contributed by atoms with Crippen LogP contribution in [0.5, 0.6) is 11.5 Å². The van der Waals surface area contributed by atoms with Gasteiger partial charge < -0.3 is 10.5 Å². The van der Waals surface area contributed by atoms with Crippen LogP contribution >= 0.6 is 22.6 Å². The van der Waals surface area contributed by atoms with Gasteiger partial charge in [-0.2, -0.15) is 0 Å². The molecule has 0 saturated carbocycles. The lowest BCUT2D eigenvalue weighted by Crippen LogP contribution is -2.00. The van der Waals surface area contributed by atoms with Crippen LogP contribution in [0.25, 0.3) is 0 Å². The number of ether oxygens (including phenoxy) is 1. The number of rotatable bonds is 3. The summed E-state index contributed by atoms with van der Waals surface area (Å²) in [6.45, 7) is 0.0807. The molecule has 0 aliphatic heterocycles. The van der Waals surface area contributed by atoms with Gasteiger partial charge in [-0.1, -0.05) is 6.07 Å². The van der Waals surface area contributed by atoms with Crippen LogP contribution in [-0.2, 0) is 6.54 Å². The van der Waals surface area contributed by atoms with Crippen molar-refractivity contribution in [2.75, 3.05) is 0 Å². The Hall–Kier alpha value is -1.21. The Balaban J connectivity index is 2.35. The maximum absolute atomic E-state index is 13.7. The highest BCUT2D eigenvalue weighted by Crippen LogP contribution is 2.29. The molecule has 2 nitrogen and oxygen atoms in total. The van der Waals surface area contributed by atoms with Crippen molar-refractivity contribution in [3.05, 3.63) is 57.2 Å². The van der Waals surface area contributed by atoms with Gasteiger partial charge in [0.2, 0.25) is 0 Å². The second-order valence-electron chi connectivity index (χ2n) is 3.65. The SMILES string of the molecule is NCc1cc(F)c(Oc2cccc(I)c2)c(F)c1. The molecule has 0 bridgehead atoms. The molecule has 2 rings (SSSR count). The Kier molecular flexibility index (Phi) is 4.13. The van der Waals surface area contributed by atoms with E-state index in [-0.39, 0.29) is 6.54 Å². The summed E-state index contributed by atoms with van der Waals surface area (Å²) in [5.41, 5.74) is 5.72. The molecule has 0 aliphatic rings. The molecule has 0 saturated heterocycles. The van der Waals surface area contributed by atoms with Gasteiger partial charge in [0, 0.05) is 10.1 Å². The van der Waals surface area contributed by atoms with E-state index >= 15 is 0 Å². The predicted molar refractivity (Wildman–Crippen MR) is 73.5 cm³/mol. The van der Waals surface area contributed by atoms with Gasteiger partial charge in [0.1, 0.15) is 5.75 Å². The van der Waals surface area contributed by atoms with Gasteiger partial charge in [0.25, 0.3) is 0 Å². The van der Waals surface area contributed by atoms with Crippen LogP contribution in [0.3, 0.4) is 0 Å². The lowest BCUT2D eigenvalue weighted by Gasteiger charge is -2.09. The Morgan fingerprint density at radius 3 is 2.33 bits per heavy atom. The summed E-state index contributed by atoms with van der Waals surface area (Å²) in [6, 6.07) is 9.28. The largest absolute Gasteiger partial charge is 0.451 e. The van der Waals surface area contributed by atoms with Crippen molar-refractivity contribution in [1.82, 2.24) is 0 Å². The summed E-state index contributed by atoms with van der Waals surface area (Å²) in [6.07, 6.45) is 0. The zero-order valence-corrected chi connectivity index (χ0v) is 11.4. The fraction of sp³-hybridized carbons (Fsp3) is 0.0769. The highest BCUT2D eigenvalue weighted by Gasteiger charge is 2.13. The van der Waals surface area contributed by atoms with Crippen LogP contribution in [0.1, 0.15) is 5.56 Å². The lowest BCUT2D eigenvalue weighted by molar-refractivity contribution is 0.406. The second-order valence-corrected chi connectivity index (χ2v) is 4.90. The normalized spacial score (nSPS) is 10.4. The van der Waals surface area contributed by atoms with E-state index in [2.05, 4.69) is 22.6 Å². The van der Waals surface area contributed by atoms with E-state index < -0.39 is 17.4 Å². The average Bonchev–Trinajstić information content (AvgIpc) is 2.33. The molecule has 0 heterocycles. The molecular formula is C13H10F2INO. The number of nitrogens with two attached hydrogens (primary N) is 1. The van der Waals surface area contributed by atoms with E-state index in [4.69, 9.17) is 10.5 Å². The lowest BCUT2D eigenvalue weighted by atomic mass is 10.2. The summed E-state index contributed by atoms with van der Waals surface area (Å²) < 4.78 is 33.5. The first-order valence-corrected chi connectivity index (χ1v) is 6.29. The van der Waals surface area contributed by atoms with Crippen molar-refractivity contribution in [1.29, 1.82) is 0 Å². The van der Waals surface area contributed by atoms with Crippen molar-refractivity contribution < 1.29 is 13.5 Å². The van der Waals surface area contributed by atoms with Crippen LogP contribution in [0.15, 0.2) is 36.4 Å². The number of hydrogen-bond donors (Lipinski definition) is 1. The van der Waals surface area contributed by atoms with Gasteiger partial charge in [0.05, 0.1) is 0 Å². The third kappa shape index (κ3) is 2.97. The van der Waals surface area contributed by atoms with Gasteiger partial charge >= 0.3 is 0 Å². The molecule has 0 amide bonds. The van der Waals surface area contributed by atoms with Crippen LogP contribution in [0.4, 0.5) is 8.78 Å². The molecule has 0 aliphatic carbocycles. The Morgan fingerprint density at radius 2 is 1.78 bits per heavy atom. The van der Waals surface area contributed by atoms with Gasteiger partial charge in [-0.3, -0.25) is 0 Å². The van der Waals surface area contributed by atoms with E-state index in [1.807, 2.05) is 6.07 Å². The van der Waals surface area contributed by atoms with E-state index in [0.29, 0.717) is 11.3 Å². The summed E-state index contributed by atoms with van der Waals surface area (Å²) in [5, 5.41) is 0. The minimum absolute atomic E-state index is 0.0807. The molecule has 94 valence electrons. The Morgan fingerprint density at radius 1 is 1.11 bits per heavy atom. The van der Waals surface area contributed by atoms with Crippen LogP contribution in [0.2, 0.25) is 0 Å². The molecule has 2 aromatic rings. The molecule has 2 N–H and O–H groups in total. The standard InChI is InChI=1S/C13H10F2INO/c14-11-4-8(7-17)5-12(15)13(11)18-10-3-1-2-9(16)6-10/h1-6H,7,17H2. The predicted octanol–water partition coefficient (Wildman–Crippen LogP) is 3.82. The molecule has 5 heteroatoms. The van der Waals surface area contributed by atoms with Crippen LogP contribution in [0, 0.1) is 15.2 Å². The van der Waals surface area contributed by atoms with E-state index in [0.717, 1.165) is 3.57 Å². The fourth-order valence-corrected chi connectivity index (χ4v) is 1.99. The highest BCUT2D eigenvalue weighted by molar-refractivity contribution is 14.1. The molecule has 0 aromatic heterocycles. The maximum atomic E-state index is 13.7. The van der Waals surface area contributed by atoms with Gasteiger partial charge in [-0.05, 0) is 58.5 Å². The first kappa shape index (κ1) is 13.2. The maximum Gasteiger partial charge on any atom is 0.198 e. The van der Waals surface area contributed by atoms with E-state index in [9.17, 15) is 8.78 Å². The fourth-order valence-electron chi connectivity index (χ4n) is 1.48. The molecule has 18 heavy (non-hydrogen) atoms. The van der Waals surface area contributed by atoms with Crippen molar-refractivity contribution in [3.8, 4) is 11.5 Å². The number of hydrogen-bond acceptors (Lipinski definition) is 2. The minimum atomic E-state index is -0.755. The first-order chi connectivity index (χ1) is 8.60. The van der Waals surface area contributed by atoms with E-state index in [1.165, 1.54) is 12.1 Å². The number of benzene rings is 2. The Labute approximate surface area is 117 Å². The summed E-state index contributed by atoms with van der Waals surface area (Å²) in [5.74, 6) is -1.53. The summed E-state index contributed by atoms with van der Waals surface area (Å²) in [7, 11) is 0. The third-order valence-corrected chi connectivity index (χ3v) is 2.98. The van der Waals surface area contributed by atoms with Crippen molar-refractivity contribution in [3.63, 3.8) is 0 Å². The third-order valence-electron chi connectivity index (χ3n) is 2.31. The zero-order valence-electron chi connectivity index (χ0n) is 9.29. The van der Waals surface area contributed by atoms with Gasteiger partial charge in [-0.25, -0.2) is 8.78 Å². The second kappa shape index (κ2) is 5.62. The smallest absolute Gasteiger partial charge is 0.198 e. The average molecular weight is 361 g/mol. The molecule has 0 spiro atoms. The van der Waals surface area contributed by atoms with Crippen LogP contribution in [-0.4, -0.2) is 0 Å². The Bertz CT molecular complexity index is 552. The number of halogens is 3.